The van der Waals surface area contributed by atoms with Gasteiger partial charge in [-0.3, -0.25) is 19.9 Å². The van der Waals surface area contributed by atoms with Crippen LogP contribution in [0.25, 0.3) is 10.8 Å². The summed E-state index contributed by atoms with van der Waals surface area (Å²) in [5.41, 5.74) is 0.983. The van der Waals surface area contributed by atoms with E-state index >= 15 is 0 Å². The Morgan fingerprint density at radius 1 is 1.40 bits per heavy atom. The predicted octanol–water partition coefficient (Wildman–Crippen LogP) is 2.89. The molecule has 1 atom stereocenters. The van der Waals surface area contributed by atoms with Crippen molar-refractivity contribution >= 4 is 28.1 Å². The topological polar surface area (TPSA) is 88.4 Å². The molecule has 0 saturated carbocycles. The van der Waals surface area contributed by atoms with Crippen LogP contribution in [0.1, 0.15) is 26.2 Å². The summed E-state index contributed by atoms with van der Waals surface area (Å²) < 4.78 is 0. The molecule has 3 rings (SSSR count). The van der Waals surface area contributed by atoms with Crippen LogP contribution < -0.4 is 10.2 Å². The molecule has 1 N–H and O–H groups in total. The van der Waals surface area contributed by atoms with Crippen LogP contribution >= 0.6 is 0 Å². The van der Waals surface area contributed by atoms with E-state index in [1.165, 1.54) is 12.3 Å². The van der Waals surface area contributed by atoms with Crippen LogP contribution in [0.15, 0.2) is 30.6 Å². The Labute approximate surface area is 146 Å². The van der Waals surface area contributed by atoms with Crippen LogP contribution in [0.5, 0.6) is 0 Å². The maximum Gasteiger partial charge on any atom is 0.278 e. The molecule has 1 fully saturated rings. The number of fused-ring (bicyclic) bond motifs is 1. The number of carbonyl (C=O) groups excluding carboxylic acids is 1. The Bertz CT molecular complexity index is 793. The number of nitrogens with one attached hydrogen (secondary N) is 1. The van der Waals surface area contributed by atoms with E-state index in [2.05, 4.69) is 15.2 Å². The minimum absolute atomic E-state index is 0.0487. The third-order valence-electron chi connectivity index (χ3n) is 4.65. The SMILES string of the molecule is CCCNC(=O)C1CCCN(c2ccc([N+](=O)[O-])c3cnccc23)C1. The van der Waals surface area contributed by atoms with E-state index in [1.807, 2.05) is 6.92 Å². The molecule has 1 aromatic heterocycles. The number of rotatable bonds is 5. The Kier molecular flexibility index (Phi) is 5.11. The van der Waals surface area contributed by atoms with Gasteiger partial charge in [0.05, 0.1) is 16.2 Å². The first kappa shape index (κ1) is 17.1. The fraction of sp³-hybridized carbons (Fsp3) is 0.444. The van der Waals surface area contributed by atoms with Crippen molar-refractivity contribution in [2.45, 2.75) is 26.2 Å². The molecule has 0 spiro atoms. The predicted molar refractivity (Wildman–Crippen MR) is 96.6 cm³/mol. The van der Waals surface area contributed by atoms with Gasteiger partial charge in [-0.2, -0.15) is 0 Å². The van der Waals surface area contributed by atoms with Crippen LogP contribution in [0.2, 0.25) is 0 Å². The van der Waals surface area contributed by atoms with Gasteiger partial charge in [0, 0.05) is 49.2 Å². The molecule has 1 saturated heterocycles. The second kappa shape index (κ2) is 7.46. The van der Waals surface area contributed by atoms with Gasteiger partial charge in [0.25, 0.3) is 5.69 Å². The summed E-state index contributed by atoms with van der Waals surface area (Å²) in [6.45, 7) is 4.20. The number of hydrogen-bond acceptors (Lipinski definition) is 5. The molecule has 132 valence electrons. The monoisotopic (exact) mass is 342 g/mol. The van der Waals surface area contributed by atoms with Gasteiger partial charge in [0.1, 0.15) is 0 Å². The lowest BCUT2D eigenvalue weighted by atomic mass is 9.95. The van der Waals surface area contributed by atoms with Crippen molar-refractivity contribution in [2.24, 2.45) is 5.92 Å². The number of non-ortho nitro benzene ring substituents is 1. The number of nitrogens with zero attached hydrogens (tertiary/aromatic N) is 3. The molecule has 0 aliphatic carbocycles. The van der Waals surface area contributed by atoms with Gasteiger partial charge < -0.3 is 10.2 Å². The van der Waals surface area contributed by atoms with Gasteiger partial charge in [-0.15, -0.1) is 0 Å². The first-order chi connectivity index (χ1) is 12.1. The largest absolute Gasteiger partial charge is 0.370 e. The fourth-order valence-electron chi connectivity index (χ4n) is 3.40. The van der Waals surface area contributed by atoms with Gasteiger partial charge in [-0.1, -0.05) is 6.92 Å². The highest BCUT2D eigenvalue weighted by molar-refractivity contribution is 5.99. The van der Waals surface area contributed by atoms with E-state index < -0.39 is 0 Å². The molecule has 1 unspecified atom stereocenters. The first-order valence-electron chi connectivity index (χ1n) is 8.65. The number of nitro benzene ring substituents is 1. The summed E-state index contributed by atoms with van der Waals surface area (Å²) in [4.78, 5) is 29.4. The molecule has 0 radical (unpaired) electrons. The molecule has 7 heteroatoms. The van der Waals surface area contributed by atoms with Crippen LogP contribution in [0.3, 0.4) is 0 Å². The summed E-state index contributed by atoms with van der Waals surface area (Å²) in [5.74, 6) is 0.0480. The second-order valence-electron chi connectivity index (χ2n) is 6.36. The smallest absolute Gasteiger partial charge is 0.278 e. The first-order valence-corrected chi connectivity index (χ1v) is 8.65. The Morgan fingerprint density at radius 3 is 3.00 bits per heavy atom. The van der Waals surface area contributed by atoms with E-state index in [4.69, 9.17) is 0 Å². The molecule has 0 bridgehead atoms. The third kappa shape index (κ3) is 3.55. The van der Waals surface area contributed by atoms with E-state index in [9.17, 15) is 14.9 Å². The van der Waals surface area contributed by atoms with E-state index in [0.29, 0.717) is 18.5 Å². The number of aromatic nitrogens is 1. The molecule has 25 heavy (non-hydrogen) atoms. The Morgan fingerprint density at radius 2 is 2.24 bits per heavy atom. The summed E-state index contributed by atoms with van der Waals surface area (Å²) in [6, 6.07) is 5.12. The molecular weight excluding hydrogens is 320 g/mol. The lowest BCUT2D eigenvalue weighted by Crippen LogP contribution is -2.43. The number of hydrogen-bond donors (Lipinski definition) is 1. The standard InChI is InChI=1S/C18H22N4O3/c1-2-8-20-18(23)13-4-3-10-21(12-13)16-5-6-17(22(24)25)15-11-19-9-7-14(15)16/h5-7,9,11,13H,2-4,8,10,12H2,1H3,(H,20,23). The van der Waals surface area contributed by atoms with Crippen molar-refractivity contribution in [3.05, 3.63) is 40.7 Å². The average molecular weight is 342 g/mol. The summed E-state index contributed by atoms with van der Waals surface area (Å²) >= 11 is 0. The van der Waals surface area contributed by atoms with Crippen molar-refractivity contribution in [3.63, 3.8) is 0 Å². The third-order valence-corrected chi connectivity index (χ3v) is 4.65. The summed E-state index contributed by atoms with van der Waals surface area (Å²) in [6.07, 6.45) is 5.89. The highest BCUT2D eigenvalue weighted by Gasteiger charge is 2.27. The van der Waals surface area contributed by atoms with E-state index in [-0.39, 0.29) is 22.4 Å². The summed E-state index contributed by atoms with van der Waals surface area (Å²) in [7, 11) is 0. The Hall–Kier alpha value is -2.70. The highest BCUT2D eigenvalue weighted by atomic mass is 16.6. The van der Waals surface area contributed by atoms with Gasteiger partial charge in [0.15, 0.2) is 0 Å². The number of pyridine rings is 1. The molecule has 1 aromatic carbocycles. The lowest BCUT2D eigenvalue weighted by Gasteiger charge is -2.34. The van der Waals surface area contributed by atoms with Crippen molar-refractivity contribution in [3.8, 4) is 0 Å². The van der Waals surface area contributed by atoms with Crippen LogP contribution in [-0.2, 0) is 4.79 Å². The number of nitro groups is 1. The average Bonchev–Trinajstić information content (AvgIpc) is 2.65. The van der Waals surface area contributed by atoms with Gasteiger partial charge in [0.2, 0.25) is 5.91 Å². The molecule has 2 heterocycles. The van der Waals surface area contributed by atoms with E-state index in [1.54, 1.807) is 18.3 Å². The van der Waals surface area contributed by atoms with Crippen molar-refractivity contribution in [1.29, 1.82) is 0 Å². The lowest BCUT2D eigenvalue weighted by molar-refractivity contribution is -0.383. The molecule has 1 amide bonds. The maximum absolute atomic E-state index is 12.3. The number of anilines is 1. The number of benzene rings is 1. The highest BCUT2D eigenvalue weighted by Crippen LogP contribution is 2.34. The number of amides is 1. The van der Waals surface area contributed by atoms with Crippen molar-refractivity contribution in [2.75, 3.05) is 24.5 Å². The van der Waals surface area contributed by atoms with Gasteiger partial charge in [-0.25, -0.2) is 0 Å². The zero-order valence-electron chi connectivity index (χ0n) is 14.3. The molecule has 1 aliphatic rings. The van der Waals surface area contributed by atoms with Crippen LogP contribution in [0, 0.1) is 16.0 Å². The molecule has 2 aromatic rings. The molecule has 7 nitrogen and oxygen atoms in total. The van der Waals surface area contributed by atoms with Crippen LogP contribution in [-0.4, -0.2) is 35.4 Å². The van der Waals surface area contributed by atoms with Crippen molar-refractivity contribution in [1.82, 2.24) is 10.3 Å². The fourth-order valence-corrected chi connectivity index (χ4v) is 3.40. The van der Waals surface area contributed by atoms with Gasteiger partial charge in [-0.05, 0) is 31.4 Å². The quantitative estimate of drug-likeness (QED) is 0.667. The zero-order chi connectivity index (χ0) is 17.8. The minimum Gasteiger partial charge on any atom is -0.370 e. The molecule has 1 aliphatic heterocycles. The van der Waals surface area contributed by atoms with Crippen molar-refractivity contribution < 1.29 is 9.72 Å². The number of carbonyl (C=O) groups is 1. The van der Waals surface area contributed by atoms with E-state index in [0.717, 1.165) is 36.9 Å². The van der Waals surface area contributed by atoms with Crippen LogP contribution in [0.4, 0.5) is 11.4 Å². The minimum atomic E-state index is -0.384. The number of piperidine rings is 1. The second-order valence-corrected chi connectivity index (χ2v) is 6.36. The maximum atomic E-state index is 12.3. The zero-order valence-corrected chi connectivity index (χ0v) is 14.3. The molecular formula is C18H22N4O3. The Balaban J connectivity index is 1.90. The summed E-state index contributed by atoms with van der Waals surface area (Å²) in [5, 5.41) is 15.6. The van der Waals surface area contributed by atoms with Gasteiger partial charge >= 0.3 is 0 Å². The normalized spacial score (nSPS) is 17.5.